The fourth-order valence-electron chi connectivity index (χ4n) is 2.07. The van der Waals surface area contributed by atoms with Crippen LogP contribution < -0.4 is 10.2 Å². The number of hydrogen-bond donors (Lipinski definition) is 1. The van der Waals surface area contributed by atoms with Gasteiger partial charge in [-0.3, -0.25) is 9.59 Å². The first-order valence-corrected chi connectivity index (χ1v) is 5.99. The highest BCUT2D eigenvalue weighted by Gasteiger charge is 2.35. The minimum Gasteiger partial charge on any atom is -0.345 e. The van der Waals surface area contributed by atoms with Gasteiger partial charge in [-0.1, -0.05) is 5.92 Å². The number of terminal acetylenes is 1. The molecule has 1 atom stereocenters. The van der Waals surface area contributed by atoms with E-state index in [2.05, 4.69) is 11.2 Å². The van der Waals surface area contributed by atoms with Gasteiger partial charge in [-0.15, -0.1) is 6.42 Å². The van der Waals surface area contributed by atoms with Gasteiger partial charge in [0.1, 0.15) is 0 Å². The van der Waals surface area contributed by atoms with Crippen LogP contribution in [0, 0.1) is 29.9 Å². The van der Waals surface area contributed by atoms with Crippen LogP contribution in [0.5, 0.6) is 0 Å². The van der Waals surface area contributed by atoms with E-state index in [4.69, 9.17) is 6.42 Å². The van der Waals surface area contributed by atoms with E-state index >= 15 is 0 Å². The van der Waals surface area contributed by atoms with Crippen molar-refractivity contribution < 1.29 is 18.4 Å². The number of nitrogens with one attached hydrogen (secondary N) is 1. The van der Waals surface area contributed by atoms with Gasteiger partial charge in [0.25, 0.3) is 0 Å². The summed E-state index contributed by atoms with van der Waals surface area (Å²) in [6.45, 7) is 0.217. The van der Waals surface area contributed by atoms with Gasteiger partial charge in [0.15, 0.2) is 11.6 Å². The molecule has 2 amide bonds. The van der Waals surface area contributed by atoms with Crippen LogP contribution in [0.15, 0.2) is 18.2 Å². The number of halogens is 2. The molecule has 20 heavy (non-hydrogen) atoms. The summed E-state index contributed by atoms with van der Waals surface area (Å²) in [6, 6.07) is 3.19. The lowest BCUT2D eigenvalue weighted by molar-refractivity contribution is -0.126. The molecule has 0 saturated carbocycles. The molecule has 1 aliphatic rings. The number of rotatable bonds is 3. The number of hydrogen-bond acceptors (Lipinski definition) is 2. The van der Waals surface area contributed by atoms with Crippen LogP contribution >= 0.6 is 0 Å². The fraction of sp³-hybridized carbons (Fsp3) is 0.286. The summed E-state index contributed by atoms with van der Waals surface area (Å²) in [6.07, 6.45) is 5.06. The van der Waals surface area contributed by atoms with Gasteiger partial charge in [-0.2, -0.15) is 0 Å². The Balaban J connectivity index is 2.11. The van der Waals surface area contributed by atoms with E-state index in [9.17, 15) is 18.4 Å². The van der Waals surface area contributed by atoms with Gasteiger partial charge in [-0.05, 0) is 12.1 Å². The van der Waals surface area contributed by atoms with Gasteiger partial charge in [-0.25, -0.2) is 8.78 Å². The van der Waals surface area contributed by atoms with E-state index < -0.39 is 17.6 Å². The molecule has 0 bridgehead atoms. The lowest BCUT2D eigenvalue weighted by Crippen LogP contribution is -2.33. The lowest BCUT2D eigenvalue weighted by Gasteiger charge is -2.16. The molecule has 1 aromatic carbocycles. The third-order valence-corrected chi connectivity index (χ3v) is 3.08. The van der Waals surface area contributed by atoms with E-state index in [0.717, 1.165) is 12.1 Å². The quantitative estimate of drug-likeness (QED) is 0.841. The van der Waals surface area contributed by atoms with Gasteiger partial charge >= 0.3 is 0 Å². The van der Waals surface area contributed by atoms with Gasteiger partial charge in [0.2, 0.25) is 11.8 Å². The Morgan fingerprint density at radius 2 is 2.20 bits per heavy atom. The predicted molar refractivity (Wildman–Crippen MR) is 68.7 cm³/mol. The van der Waals surface area contributed by atoms with Crippen molar-refractivity contribution >= 4 is 17.5 Å². The maximum absolute atomic E-state index is 13.2. The number of carbonyl (C=O) groups is 2. The van der Waals surface area contributed by atoms with Crippen molar-refractivity contribution in [1.29, 1.82) is 0 Å². The highest BCUT2D eigenvalue weighted by molar-refractivity contribution is 6.00. The third kappa shape index (κ3) is 2.77. The molecule has 2 rings (SSSR count). The molecule has 0 aliphatic carbocycles. The van der Waals surface area contributed by atoms with Crippen molar-refractivity contribution in [3.8, 4) is 12.3 Å². The normalized spacial score (nSPS) is 17.9. The van der Waals surface area contributed by atoms with Crippen LogP contribution in [0.2, 0.25) is 0 Å². The molecule has 1 saturated heterocycles. The Kier molecular flexibility index (Phi) is 3.99. The summed E-state index contributed by atoms with van der Waals surface area (Å²) in [5.41, 5.74) is 0.237. The van der Waals surface area contributed by atoms with Gasteiger partial charge in [0.05, 0.1) is 12.5 Å². The van der Waals surface area contributed by atoms with Crippen molar-refractivity contribution in [3.63, 3.8) is 0 Å². The van der Waals surface area contributed by atoms with Gasteiger partial charge < -0.3 is 10.2 Å². The zero-order valence-electron chi connectivity index (χ0n) is 10.5. The highest BCUT2D eigenvalue weighted by atomic mass is 19.2. The minimum atomic E-state index is -1.03. The van der Waals surface area contributed by atoms with Crippen molar-refractivity contribution in [1.82, 2.24) is 5.32 Å². The molecule has 0 spiro atoms. The average molecular weight is 278 g/mol. The zero-order chi connectivity index (χ0) is 14.7. The van der Waals surface area contributed by atoms with Crippen LogP contribution in [0.25, 0.3) is 0 Å². The van der Waals surface area contributed by atoms with Crippen LogP contribution in [0.4, 0.5) is 14.5 Å². The topological polar surface area (TPSA) is 49.4 Å². The first-order valence-electron chi connectivity index (χ1n) is 5.99. The standard InChI is InChI=1S/C14H12F2N2O2/c1-2-5-17-14(20)9-6-13(19)18(8-9)10-3-4-11(15)12(16)7-10/h1,3-4,7,9H,5-6,8H2,(H,17,20)/t9-/m0/s1. The predicted octanol–water partition coefficient (Wildman–Crippen LogP) is 1.07. The number of carbonyl (C=O) groups excluding carboxylic acids is 2. The molecule has 1 N–H and O–H groups in total. The molecule has 1 fully saturated rings. The van der Waals surface area contributed by atoms with E-state index in [1.54, 1.807) is 0 Å². The van der Waals surface area contributed by atoms with Gasteiger partial charge in [0, 0.05) is 24.7 Å². The second kappa shape index (κ2) is 5.70. The Morgan fingerprint density at radius 3 is 2.85 bits per heavy atom. The molecule has 1 aliphatic heterocycles. The second-order valence-corrected chi connectivity index (χ2v) is 4.43. The van der Waals surface area contributed by atoms with Crippen molar-refractivity contribution in [2.75, 3.05) is 18.0 Å². The minimum absolute atomic E-state index is 0.0232. The fourth-order valence-corrected chi connectivity index (χ4v) is 2.07. The average Bonchev–Trinajstić information content (AvgIpc) is 2.81. The van der Waals surface area contributed by atoms with E-state index in [0.29, 0.717) is 0 Å². The molecular formula is C14H12F2N2O2. The highest BCUT2D eigenvalue weighted by Crippen LogP contribution is 2.26. The SMILES string of the molecule is C#CCNC(=O)[C@H]1CC(=O)N(c2ccc(F)c(F)c2)C1. The molecule has 104 valence electrons. The van der Waals surface area contributed by atoms with Crippen molar-refractivity contribution in [2.45, 2.75) is 6.42 Å². The zero-order valence-corrected chi connectivity index (χ0v) is 10.5. The molecule has 1 aromatic rings. The molecule has 0 unspecified atom stereocenters. The van der Waals surface area contributed by atoms with E-state index in [-0.39, 0.29) is 37.0 Å². The molecule has 4 nitrogen and oxygen atoms in total. The lowest BCUT2D eigenvalue weighted by atomic mass is 10.1. The van der Waals surface area contributed by atoms with Crippen molar-refractivity contribution in [2.24, 2.45) is 5.92 Å². The van der Waals surface area contributed by atoms with Crippen LogP contribution in [0.3, 0.4) is 0 Å². The monoisotopic (exact) mass is 278 g/mol. The van der Waals surface area contributed by atoms with Crippen LogP contribution in [-0.2, 0) is 9.59 Å². The van der Waals surface area contributed by atoms with Crippen molar-refractivity contribution in [3.05, 3.63) is 29.8 Å². The number of amides is 2. The smallest absolute Gasteiger partial charge is 0.227 e. The Bertz CT molecular complexity index is 595. The number of anilines is 1. The van der Waals surface area contributed by atoms with Crippen LogP contribution in [-0.4, -0.2) is 24.9 Å². The van der Waals surface area contributed by atoms with E-state index in [1.807, 2.05) is 0 Å². The summed E-state index contributed by atoms with van der Waals surface area (Å²) in [4.78, 5) is 24.8. The summed E-state index contributed by atoms with van der Waals surface area (Å²) >= 11 is 0. The molecule has 6 heteroatoms. The first kappa shape index (κ1) is 14.0. The Hall–Kier alpha value is -2.42. The third-order valence-electron chi connectivity index (χ3n) is 3.08. The van der Waals surface area contributed by atoms with Crippen LogP contribution in [0.1, 0.15) is 6.42 Å². The summed E-state index contributed by atoms with van der Waals surface area (Å²) in [5, 5.41) is 2.50. The van der Waals surface area contributed by atoms with E-state index in [1.165, 1.54) is 11.0 Å². The molecule has 0 radical (unpaired) electrons. The summed E-state index contributed by atoms with van der Waals surface area (Å²) in [7, 11) is 0. The number of benzene rings is 1. The molecule has 0 aromatic heterocycles. The summed E-state index contributed by atoms with van der Waals surface area (Å²) in [5.74, 6) is -0.911. The maximum atomic E-state index is 13.2. The maximum Gasteiger partial charge on any atom is 0.227 e. The Labute approximate surface area is 114 Å². The number of nitrogens with zero attached hydrogens (tertiary/aromatic N) is 1. The molecule has 1 heterocycles. The first-order chi connectivity index (χ1) is 9.52. The Morgan fingerprint density at radius 1 is 1.45 bits per heavy atom. The second-order valence-electron chi connectivity index (χ2n) is 4.43. The summed E-state index contributed by atoms with van der Waals surface area (Å²) < 4.78 is 26.0. The molecular weight excluding hydrogens is 266 g/mol. The largest absolute Gasteiger partial charge is 0.345 e.